The van der Waals surface area contributed by atoms with Gasteiger partial charge in [-0.15, -0.1) is 0 Å². The fourth-order valence-electron chi connectivity index (χ4n) is 6.12. The lowest BCUT2D eigenvalue weighted by Gasteiger charge is -2.47. The molecule has 3 aliphatic rings. The average Bonchev–Trinajstić information content (AvgIpc) is 3.16. The van der Waals surface area contributed by atoms with Crippen LogP contribution in [0.15, 0.2) is 42.5 Å². The molecule has 3 saturated heterocycles. The fraction of sp³-hybridized carbons (Fsp3) is 0.571. The van der Waals surface area contributed by atoms with E-state index in [1.54, 1.807) is 0 Å². The molecule has 20 heteroatoms. The Morgan fingerprint density at radius 1 is 0.673 bits per heavy atom. The first-order chi connectivity index (χ1) is 26.1. The number of phenolic OH excluding ortho intramolecular Hbond substituents is 4. The van der Waals surface area contributed by atoms with Gasteiger partial charge in [0.15, 0.2) is 48.0 Å². The monoisotopic (exact) mass is 786 g/mol. The molecule has 0 spiro atoms. The highest BCUT2D eigenvalue weighted by Gasteiger charge is 2.53. The quantitative estimate of drug-likeness (QED) is 0.0541. The average molecular weight is 787 g/mol. The second-order valence-corrected chi connectivity index (χ2v) is 13.3. The summed E-state index contributed by atoms with van der Waals surface area (Å²) < 4.78 is 40.2. The molecule has 5 rings (SSSR count). The lowest BCUT2D eigenvalue weighted by atomic mass is 9.96. The summed E-state index contributed by atoms with van der Waals surface area (Å²) in [6.45, 7) is -0.242. The smallest absolute Gasteiger partial charge is 0.331 e. The van der Waals surface area contributed by atoms with E-state index in [4.69, 9.17) is 33.2 Å². The number of hydrogen-bond donors (Lipinski definition) is 12. The summed E-state index contributed by atoms with van der Waals surface area (Å²) in [5.74, 6) is -2.73. The number of benzene rings is 2. The maximum Gasteiger partial charge on any atom is 0.331 e. The van der Waals surface area contributed by atoms with Crippen molar-refractivity contribution in [2.45, 2.75) is 105 Å². The predicted octanol–water partition coefficient (Wildman–Crippen LogP) is -3.19. The Morgan fingerprint density at radius 2 is 1.31 bits per heavy atom. The minimum absolute atomic E-state index is 0.0841. The first kappa shape index (κ1) is 42.4. The zero-order valence-corrected chi connectivity index (χ0v) is 29.2. The first-order valence-electron chi connectivity index (χ1n) is 17.2. The van der Waals surface area contributed by atoms with Crippen molar-refractivity contribution in [1.82, 2.24) is 0 Å². The lowest BCUT2D eigenvalue weighted by molar-refractivity contribution is -0.365. The Hall–Kier alpha value is -3.71. The molecule has 306 valence electrons. The number of ether oxygens (including phenoxy) is 7. The summed E-state index contributed by atoms with van der Waals surface area (Å²) in [5.41, 5.74) is 0.759. The number of carbonyl (C=O) groups is 1. The summed E-state index contributed by atoms with van der Waals surface area (Å²) in [7, 11) is 0. The highest BCUT2D eigenvalue weighted by atomic mass is 16.8. The van der Waals surface area contributed by atoms with E-state index in [0.717, 1.165) is 12.1 Å². The van der Waals surface area contributed by atoms with Crippen molar-refractivity contribution in [2.75, 3.05) is 19.8 Å². The van der Waals surface area contributed by atoms with Gasteiger partial charge in [0.05, 0.1) is 25.9 Å². The Bertz CT molecular complexity index is 1610. The van der Waals surface area contributed by atoms with Crippen molar-refractivity contribution in [2.24, 2.45) is 0 Å². The van der Waals surface area contributed by atoms with E-state index in [1.807, 2.05) is 0 Å². The standard InChI is InChI=1S/C35H46O20/c1-14-24(42)27(45)29(47)33(51-14)50-13-22-26(44)31(55-34-30(48)28(46)25(43)21(12-36)52-34)32(54-23(41)7-4-15-2-5-17(37)19(39)10-15)35(53-22)49-9-8-16-3-6-18(38)20(40)11-16/h2-7,10-11,14,21-22,24-40,42-48H,8-9,12-13H2,1H3/t14-,21+,22+,24-,25+,26+,27+,28-,29+,30+,31-,32+,33+,34+,35+/m0/s1. The number of rotatable bonds is 13. The van der Waals surface area contributed by atoms with E-state index in [1.165, 1.54) is 43.3 Å². The van der Waals surface area contributed by atoms with Gasteiger partial charge in [-0.2, -0.15) is 0 Å². The molecule has 0 aliphatic carbocycles. The highest BCUT2D eigenvalue weighted by Crippen LogP contribution is 2.33. The van der Waals surface area contributed by atoms with Crippen LogP contribution in [0.1, 0.15) is 18.1 Å². The maximum absolute atomic E-state index is 13.3. The third-order valence-electron chi connectivity index (χ3n) is 9.37. The molecule has 0 bridgehead atoms. The van der Waals surface area contributed by atoms with Gasteiger partial charge in [0, 0.05) is 6.08 Å². The van der Waals surface area contributed by atoms with E-state index in [2.05, 4.69) is 0 Å². The predicted molar refractivity (Wildman–Crippen MR) is 180 cm³/mol. The topological polar surface area (TPSA) is 324 Å². The summed E-state index contributed by atoms with van der Waals surface area (Å²) >= 11 is 0. The van der Waals surface area contributed by atoms with E-state index in [-0.39, 0.29) is 24.3 Å². The van der Waals surface area contributed by atoms with Crippen LogP contribution in [0.5, 0.6) is 23.0 Å². The van der Waals surface area contributed by atoms with Gasteiger partial charge in [0.25, 0.3) is 0 Å². The maximum atomic E-state index is 13.3. The van der Waals surface area contributed by atoms with Gasteiger partial charge in [-0.1, -0.05) is 12.1 Å². The molecule has 12 N–H and O–H groups in total. The Balaban J connectivity index is 1.43. The molecule has 55 heavy (non-hydrogen) atoms. The van der Waals surface area contributed by atoms with Gasteiger partial charge in [0.2, 0.25) is 0 Å². The Morgan fingerprint density at radius 3 is 1.98 bits per heavy atom. The summed E-state index contributed by atoms with van der Waals surface area (Å²) in [4.78, 5) is 13.3. The molecule has 2 aromatic rings. The van der Waals surface area contributed by atoms with Gasteiger partial charge in [-0.25, -0.2) is 4.79 Å². The number of esters is 1. The molecule has 15 atom stereocenters. The minimum Gasteiger partial charge on any atom is -0.504 e. The van der Waals surface area contributed by atoms with Crippen molar-refractivity contribution in [3.63, 3.8) is 0 Å². The Kier molecular flexibility index (Phi) is 14.3. The molecule has 3 aliphatic heterocycles. The van der Waals surface area contributed by atoms with Gasteiger partial charge >= 0.3 is 5.97 Å². The van der Waals surface area contributed by atoms with Crippen LogP contribution in [0.2, 0.25) is 0 Å². The van der Waals surface area contributed by atoms with Crippen LogP contribution in [0.3, 0.4) is 0 Å². The third kappa shape index (κ3) is 10.0. The second kappa shape index (κ2) is 18.5. The second-order valence-electron chi connectivity index (χ2n) is 13.3. The van der Waals surface area contributed by atoms with Gasteiger partial charge < -0.3 is 94.4 Å². The van der Waals surface area contributed by atoms with E-state index in [0.29, 0.717) is 5.56 Å². The Labute approximate surface area is 313 Å². The number of aromatic hydroxyl groups is 4. The third-order valence-corrected chi connectivity index (χ3v) is 9.37. The first-order valence-corrected chi connectivity index (χ1v) is 17.2. The molecule has 20 nitrogen and oxygen atoms in total. The molecule has 3 heterocycles. The molecule has 0 amide bonds. The van der Waals surface area contributed by atoms with Crippen LogP contribution in [-0.2, 0) is 44.4 Å². The lowest BCUT2D eigenvalue weighted by Crippen LogP contribution is -2.66. The van der Waals surface area contributed by atoms with Gasteiger partial charge in [-0.3, -0.25) is 0 Å². The minimum atomic E-state index is -1.97. The normalized spacial score (nSPS) is 36.9. The fourth-order valence-corrected chi connectivity index (χ4v) is 6.12. The van der Waals surface area contributed by atoms with Crippen LogP contribution >= 0.6 is 0 Å². The summed E-state index contributed by atoms with van der Waals surface area (Å²) in [6, 6.07) is 7.73. The summed E-state index contributed by atoms with van der Waals surface area (Å²) in [5, 5.41) is 123. The van der Waals surface area contributed by atoms with Crippen LogP contribution in [-0.4, -0.2) is 179 Å². The summed E-state index contributed by atoms with van der Waals surface area (Å²) in [6.07, 6.45) is -22.6. The molecule has 0 saturated carbocycles. The number of aliphatic hydroxyl groups excluding tert-OH is 8. The van der Waals surface area contributed by atoms with Crippen molar-refractivity contribution < 1.29 is 99.2 Å². The highest BCUT2D eigenvalue weighted by molar-refractivity contribution is 5.87. The van der Waals surface area contributed by atoms with E-state index < -0.39 is 129 Å². The molecule has 3 fully saturated rings. The van der Waals surface area contributed by atoms with Crippen molar-refractivity contribution in [1.29, 1.82) is 0 Å². The molecular formula is C35H46O20. The number of hydrogen-bond acceptors (Lipinski definition) is 20. The zero-order valence-electron chi connectivity index (χ0n) is 29.2. The SMILES string of the molecule is C[C@@H]1O[C@@H](OC[C@H]2O[C@@H](OCCc3ccc(O)c(O)c3)[C@H](OC(=O)C=Cc3ccc(O)c(O)c3)[C@@H](O[C@H]3O[C@H](CO)[C@@H](O)[C@H](O)[C@H]3O)[C@@H]2O)[C@H](O)[C@H](O)[C@H]1O. The molecule has 2 aromatic carbocycles. The van der Waals surface area contributed by atoms with Crippen molar-refractivity contribution in [3.05, 3.63) is 53.6 Å². The molecular weight excluding hydrogens is 740 g/mol. The molecule has 0 unspecified atom stereocenters. The van der Waals surface area contributed by atoms with Crippen molar-refractivity contribution in [3.8, 4) is 23.0 Å². The van der Waals surface area contributed by atoms with Gasteiger partial charge in [-0.05, 0) is 54.8 Å². The van der Waals surface area contributed by atoms with E-state index >= 15 is 0 Å². The van der Waals surface area contributed by atoms with Crippen LogP contribution < -0.4 is 0 Å². The van der Waals surface area contributed by atoms with Crippen LogP contribution in [0.25, 0.3) is 6.08 Å². The van der Waals surface area contributed by atoms with Crippen molar-refractivity contribution >= 4 is 12.0 Å². The number of phenols is 4. The van der Waals surface area contributed by atoms with Crippen LogP contribution in [0.4, 0.5) is 0 Å². The van der Waals surface area contributed by atoms with Gasteiger partial charge in [0.1, 0.15) is 61.0 Å². The largest absolute Gasteiger partial charge is 0.504 e. The van der Waals surface area contributed by atoms with Crippen LogP contribution in [0, 0.1) is 0 Å². The molecule has 0 radical (unpaired) electrons. The number of aliphatic hydroxyl groups is 8. The van der Waals surface area contributed by atoms with E-state index in [9.17, 15) is 66.1 Å². The molecule has 0 aromatic heterocycles. The number of carbonyl (C=O) groups excluding carboxylic acids is 1. The zero-order chi connectivity index (χ0) is 40.1.